The van der Waals surface area contributed by atoms with E-state index >= 15 is 0 Å². The van der Waals surface area contributed by atoms with Gasteiger partial charge in [0.1, 0.15) is 17.6 Å². The van der Waals surface area contributed by atoms with Gasteiger partial charge in [0.15, 0.2) is 0 Å². The predicted octanol–water partition coefficient (Wildman–Crippen LogP) is 5.23. The molecule has 0 atom stereocenters. The molecule has 0 bridgehead atoms. The van der Waals surface area contributed by atoms with E-state index in [1.165, 1.54) is 12.1 Å². The van der Waals surface area contributed by atoms with Crippen LogP contribution in [-0.2, 0) is 0 Å². The van der Waals surface area contributed by atoms with Crippen LogP contribution in [-0.4, -0.2) is 18.1 Å². The molecule has 0 saturated heterocycles. The second-order valence-electron chi connectivity index (χ2n) is 6.44. The number of hydrogen-bond acceptors (Lipinski definition) is 3. The van der Waals surface area contributed by atoms with Crippen molar-refractivity contribution in [3.63, 3.8) is 0 Å². The fraction of sp³-hybridized carbons (Fsp3) is 0.300. The number of halogens is 3. The van der Waals surface area contributed by atoms with E-state index in [1.807, 2.05) is 6.07 Å². The highest BCUT2D eigenvalue weighted by atomic mass is 79.9. The number of nitrogens with one attached hydrogen (secondary N) is 1. The average molecular weight is 452 g/mol. The molecule has 2 aromatic rings. The molecule has 4 nitrogen and oxygen atoms in total. The highest BCUT2D eigenvalue weighted by Gasteiger charge is 2.25. The Bertz CT molecular complexity index is 892. The lowest BCUT2D eigenvalue weighted by molar-refractivity contribution is 0.0890. The first-order valence-electron chi connectivity index (χ1n) is 8.58. The van der Waals surface area contributed by atoms with Crippen molar-refractivity contribution >= 4 is 33.4 Å². The number of carbonyl (C=O) groups is 1. The Balaban J connectivity index is 1.52. The van der Waals surface area contributed by atoms with Gasteiger partial charge in [0.25, 0.3) is 5.91 Å². The van der Waals surface area contributed by atoms with Crippen molar-refractivity contribution in [2.75, 3.05) is 0 Å². The summed E-state index contributed by atoms with van der Waals surface area (Å²) in [5.74, 6) is -0.316. The summed E-state index contributed by atoms with van der Waals surface area (Å²) >= 11 is 9.21. The van der Waals surface area contributed by atoms with Crippen molar-refractivity contribution in [3.05, 3.63) is 62.8 Å². The van der Waals surface area contributed by atoms with Gasteiger partial charge in [-0.15, -0.1) is 0 Å². The molecule has 27 heavy (non-hydrogen) atoms. The lowest BCUT2D eigenvalue weighted by atomic mass is 9.92. The minimum Gasteiger partial charge on any atom is -0.490 e. The van der Waals surface area contributed by atoms with Gasteiger partial charge in [0.05, 0.1) is 22.3 Å². The normalized spacial score (nSPS) is 19.2. The van der Waals surface area contributed by atoms with Gasteiger partial charge in [-0.3, -0.25) is 4.79 Å². The standard InChI is InChI=1S/C20H17BrClFN2O2/c21-13-2-8-17(19(23)9-13)20(26)25-14-3-6-15(7-4-14)27-16-5-1-12(11-24)18(22)10-16/h1-2,5,8-10,14-15H,3-4,6-7H2,(H,25,26)/t14-,15-. The Morgan fingerprint density at radius 2 is 1.96 bits per heavy atom. The van der Waals surface area contributed by atoms with Crippen LogP contribution in [0.5, 0.6) is 5.75 Å². The van der Waals surface area contributed by atoms with E-state index in [4.69, 9.17) is 21.6 Å². The first-order chi connectivity index (χ1) is 13.0. The fourth-order valence-corrected chi connectivity index (χ4v) is 3.66. The van der Waals surface area contributed by atoms with Gasteiger partial charge in [0, 0.05) is 16.6 Å². The average Bonchev–Trinajstić information content (AvgIpc) is 2.63. The summed E-state index contributed by atoms with van der Waals surface area (Å²) < 4.78 is 20.4. The molecule has 3 rings (SSSR count). The Kier molecular flexibility index (Phi) is 6.35. The first kappa shape index (κ1) is 19.7. The van der Waals surface area contributed by atoms with E-state index in [-0.39, 0.29) is 17.7 Å². The zero-order valence-corrected chi connectivity index (χ0v) is 16.7. The number of benzene rings is 2. The lowest BCUT2D eigenvalue weighted by Gasteiger charge is -2.29. The topological polar surface area (TPSA) is 62.1 Å². The van der Waals surface area contributed by atoms with Crippen molar-refractivity contribution in [3.8, 4) is 11.8 Å². The Hall–Kier alpha value is -2.10. The number of carbonyl (C=O) groups excluding carboxylic acids is 1. The fourth-order valence-electron chi connectivity index (χ4n) is 3.11. The number of nitriles is 1. The molecular formula is C20H17BrClFN2O2. The maximum Gasteiger partial charge on any atom is 0.254 e. The zero-order valence-electron chi connectivity index (χ0n) is 14.3. The lowest BCUT2D eigenvalue weighted by Crippen LogP contribution is -2.40. The monoisotopic (exact) mass is 450 g/mol. The minimum absolute atomic E-state index is 0.00931. The molecule has 1 aliphatic rings. The van der Waals surface area contributed by atoms with Gasteiger partial charge in [-0.1, -0.05) is 27.5 Å². The summed E-state index contributed by atoms with van der Waals surface area (Å²) in [6.07, 6.45) is 3.06. The number of amides is 1. The van der Waals surface area contributed by atoms with Gasteiger partial charge >= 0.3 is 0 Å². The molecule has 0 spiro atoms. The van der Waals surface area contributed by atoms with Crippen LogP contribution >= 0.6 is 27.5 Å². The minimum atomic E-state index is -0.545. The van der Waals surface area contributed by atoms with Gasteiger partial charge in [0.2, 0.25) is 0 Å². The van der Waals surface area contributed by atoms with E-state index in [2.05, 4.69) is 21.2 Å². The van der Waals surface area contributed by atoms with Crippen molar-refractivity contribution < 1.29 is 13.9 Å². The molecule has 0 unspecified atom stereocenters. The van der Waals surface area contributed by atoms with Crippen LogP contribution in [0.4, 0.5) is 4.39 Å². The Morgan fingerprint density at radius 1 is 1.22 bits per heavy atom. The summed E-state index contributed by atoms with van der Waals surface area (Å²) in [7, 11) is 0. The van der Waals surface area contributed by atoms with Gasteiger partial charge in [-0.25, -0.2) is 4.39 Å². The smallest absolute Gasteiger partial charge is 0.254 e. The van der Waals surface area contributed by atoms with Crippen LogP contribution in [0, 0.1) is 17.1 Å². The summed E-state index contributed by atoms with van der Waals surface area (Å²) in [6, 6.07) is 11.4. The van der Waals surface area contributed by atoms with Gasteiger partial charge in [-0.2, -0.15) is 5.26 Å². The predicted molar refractivity (Wildman–Crippen MR) is 104 cm³/mol. The molecule has 1 N–H and O–H groups in total. The van der Waals surface area contributed by atoms with E-state index in [9.17, 15) is 9.18 Å². The molecule has 1 saturated carbocycles. The summed E-state index contributed by atoms with van der Waals surface area (Å²) in [6.45, 7) is 0. The van der Waals surface area contributed by atoms with Crippen molar-refractivity contribution in [2.24, 2.45) is 0 Å². The highest BCUT2D eigenvalue weighted by Crippen LogP contribution is 2.27. The molecule has 0 aromatic heterocycles. The van der Waals surface area contributed by atoms with E-state index in [0.717, 1.165) is 25.7 Å². The van der Waals surface area contributed by atoms with Crippen molar-refractivity contribution in [2.45, 2.75) is 37.8 Å². The number of ether oxygens (including phenoxy) is 1. The molecule has 1 aliphatic carbocycles. The maximum atomic E-state index is 13.9. The van der Waals surface area contributed by atoms with E-state index < -0.39 is 11.7 Å². The van der Waals surface area contributed by atoms with Crippen LogP contribution < -0.4 is 10.1 Å². The molecule has 0 aliphatic heterocycles. The molecule has 0 heterocycles. The molecule has 7 heteroatoms. The molecule has 1 amide bonds. The molecule has 0 radical (unpaired) electrons. The number of nitrogens with zero attached hydrogens (tertiary/aromatic N) is 1. The zero-order chi connectivity index (χ0) is 19.4. The van der Waals surface area contributed by atoms with Crippen molar-refractivity contribution in [1.82, 2.24) is 5.32 Å². The second-order valence-corrected chi connectivity index (χ2v) is 7.77. The van der Waals surface area contributed by atoms with E-state index in [0.29, 0.717) is 20.8 Å². The second kappa shape index (κ2) is 8.73. The molecule has 2 aromatic carbocycles. The van der Waals surface area contributed by atoms with E-state index in [1.54, 1.807) is 24.3 Å². The van der Waals surface area contributed by atoms with Crippen LogP contribution in [0.15, 0.2) is 40.9 Å². The first-order valence-corrected chi connectivity index (χ1v) is 9.75. The summed E-state index contributed by atoms with van der Waals surface area (Å²) in [5.41, 5.74) is 0.458. The van der Waals surface area contributed by atoms with Crippen LogP contribution in [0.3, 0.4) is 0 Å². The van der Waals surface area contributed by atoms with Gasteiger partial charge < -0.3 is 10.1 Å². The van der Waals surface area contributed by atoms with Gasteiger partial charge in [-0.05, 0) is 56.0 Å². The Morgan fingerprint density at radius 3 is 2.59 bits per heavy atom. The third-order valence-electron chi connectivity index (χ3n) is 4.55. The highest BCUT2D eigenvalue weighted by molar-refractivity contribution is 9.10. The molecule has 140 valence electrons. The largest absolute Gasteiger partial charge is 0.490 e. The van der Waals surface area contributed by atoms with Crippen molar-refractivity contribution in [1.29, 1.82) is 5.26 Å². The van der Waals surface area contributed by atoms with Crippen LogP contribution in [0.25, 0.3) is 0 Å². The number of rotatable bonds is 4. The Labute approximate surface area is 170 Å². The molecular weight excluding hydrogens is 435 g/mol. The number of hydrogen-bond donors (Lipinski definition) is 1. The third-order valence-corrected chi connectivity index (χ3v) is 5.35. The quantitative estimate of drug-likeness (QED) is 0.692. The SMILES string of the molecule is N#Cc1ccc(O[C@H]2CC[C@H](NC(=O)c3ccc(Br)cc3F)CC2)cc1Cl. The summed E-state index contributed by atoms with van der Waals surface area (Å²) in [4.78, 5) is 12.3. The van der Waals surface area contributed by atoms with Crippen LogP contribution in [0.2, 0.25) is 5.02 Å². The summed E-state index contributed by atoms with van der Waals surface area (Å²) in [5, 5.41) is 12.2. The third kappa shape index (κ3) is 5.00. The molecule has 1 fully saturated rings. The van der Waals surface area contributed by atoms with Crippen LogP contribution in [0.1, 0.15) is 41.6 Å². The maximum absolute atomic E-state index is 13.9.